The van der Waals surface area contributed by atoms with Crippen molar-refractivity contribution in [3.63, 3.8) is 0 Å². The fourth-order valence-corrected chi connectivity index (χ4v) is 7.72. The second-order valence-electron chi connectivity index (χ2n) is 10.2. The molecule has 0 heterocycles. The van der Waals surface area contributed by atoms with Crippen molar-refractivity contribution < 1.29 is 10.2 Å². The van der Waals surface area contributed by atoms with E-state index in [2.05, 4.69) is 27.7 Å². The molecule has 0 aromatic rings. The third-order valence-electron chi connectivity index (χ3n) is 9.61. The van der Waals surface area contributed by atoms with E-state index in [-0.39, 0.29) is 10.8 Å². The van der Waals surface area contributed by atoms with Crippen molar-refractivity contribution in [3.05, 3.63) is 0 Å². The van der Waals surface area contributed by atoms with Crippen LogP contribution in [0.2, 0.25) is 0 Å². The van der Waals surface area contributed by atoms with Crippen molar-refractivity contribution in [3.8, 4) is 0 Å². The maximum atomic E-state index is 11.9. The van der Waals surface area contributed by atoms with Gasteiger partial charge in [-0.15, -0.1) is 0 Å². The number of aliphatic hydroxyl groups is 2. The molecule has 0 aromatic heterocycles. The molecule has 4 aliphatic carbocycles. The first-order valence-electron chi connectivity index (χ1n) is 9.52. The van der Waals surface area contributed by atoms with Gasteiger partial charge >= 0.3 is 0 Å². The molecule has 9 atom stereocenters. The highest BCUT2D eigenvalue weighted by Gasteiger charge is 2.75. The highest BCUT2D eigenvalue weighted by molar-refractivity contribution is 5.23. The van der Waals surface area contributed by atoms with Gasteiger partial charge in [0.05, 0.1) is 11.2 Å². The van der Waals surface area contributed by atoms with Crippen LogP contribution < -0.4 is 0 Å². The van der Waals surface area contributed by atoms with E-state index in [0.717, 1.165) is 25.7 Å². The van der Waals surface area contributed by atoms with E-state index >= 15 is 0 Å². The number of rotatable bonds is 0. The smallest absolute Gasteiger partial charge is 0.0715 e. The van der Waals surface area contributed by atoms with Crippen LogP contribution in [0.5, 0.6) is 0 Å². The quantitative estimate of drug-likeness (QED) is 0.710. The number of hydrogen-bond donors (Lipinski definition) is 2. The zero-order valence-electron chi connectivity index (χ0n) is 15.0. The predicted molar refractivity (Wildman–Crippen MR) is 88.3 cm³/mol. The fraction of sp³-hybridized carbons (Fsp3) is 1.00. The molecular formula is C20H34O2. The van der Waals surface area contributed by atoms with Gasteiger partial charge < -0.3 is 10.2 Å². The Morgan fingerprint density at radius 1 is 0.818 bits per heavy atom. The van der Waals surface area contributed by atoms with E-state index < -0.39 is 11.2 Å². The van der Waals surface area contributed by atoms with Crippen LogP contribution in [0.25, 0.3) is 0 Å². The average Bonchev–Trinajstić information content (AvgIpc) is 2.70. The summed E-state index contributed by atoms with van der Waals surface area (Å²) in [7, 11) is 0. The Labute approximate surface area is 135 Å². The minimum absolute atomic E-state index is 0.246. The van der Waals surface area contributed by atoms with Gasteiger partial charge in [0.15, 0.2) is 0 Å². The standard InChI is InChI=1S/C20H34O2/c1-12-6-9-20(22)13(2)17(12,3)10-11-18(4)14-7-8-19(5,21)15(14)16(18)20/h12-16,21-22H,6-11H2,1-5H3. The second kappa shape index (κ2) is 4.11. The van der Waals surface area contributed by atoms with Crippen LogP contribution in [0.4, 0.5) is 0 Å². The molecule has 9 unspecified atom stereocenters. The van der Waals surface area contributed by atoms with Crippen LogP contribution in [-0.2, 0) is 0 Å². The SMILES string of the molecule is CC1CCC2(O)C(C)C1(C)CCC1(C)C3CCC(C)(O)C3C12. The molecule has 2 heteroatoms. The molecule has 4 fully saturated rings. The van der Waals surface area contributed by atoms with Crippen molar-refractivity contribution >= 4 is 0 Å². The van der Waals surface area contributed by atoms with Crippen LogP contribution in [-0.4, -0.2) is 21.4 Å². The van der Waals surface area contributed by atoms with Gasteiger partial charge in [-0.1, -0.05) is 27.7 Å². The maximum absolute atomic E-state index is 11.9. The zero-order valence-corrected chi connectivity index (χ0v) is 15.0. The van der Waals surface area contributed by atoms with Crippen molar-refractivity contribution in [2.75, 3.05) is 0 Å². The molecule has 0 aromatic carbocycles. The first-order chi connectivity index (χ1) is 10.1. The van der Waals surface area contributed by atoms with Gasteiger partial charge in [0, 0.05) is 0 Å². The minimum atomic E-state index is -0.567. The van der Waals surface area contributed by atoms with Gasteiger partial charge in [-0.25, -0.2) is 0 Å². The molecule has 22 heavy (non-hydrogen) atoms. The molecule has 2 bridgehead atoms. The molecule has 4 rings (SSSR count). The van der Waals surface area contributed by atoms with Crippen LogP contribution in [0.3, 0.4) is 0 Å². The summed E-state index contributed by atoms with van der Waals surface area (Å²) in [5.41, 5.74) is -0.625. The average molecular weight is 306 g/mol. The molecule has 2 N–H and O–H groups in total. The van der Waals surface area contributed by atoms with Crippen LogP contribution >= 0.6 is 0 Å². The second-order valence-corrected chi connectivity index (χ2v) is 10.2. The minimum Gasteiger partial charge on any atom is -0.390 e. The Kier molecular flexibility index (Phi) is 2.89. The first-order valence-corrected chi connectivity index (χ1v) is 9.52. The maximum Gasteiger partial charge on any atom is 0.0715 e. The summed E-state index contributed by atoms with van der Waals surface area (Å²) in [6, 6.07) is 0. The molecule has 0 aliphatic heterocycles. The summed E-state index contributed by atoms with van der Waals surface area (Å²) < 4.78 is 0. The Balaban J connectivity index is 1.82. The van der Waals surface area contributed by atoms with E-state index in [4.69, 9.17) is 0 Å². The largest absolute Gasteiger partial charge is 0.390 e. The summed E-state index contributed by atoms with van der Waals surface area (Å²) in [5.74, 6) is 2.28. The van der Waals surface area contributed by atoms with E-state index in [0.29, 0.717) is 29.6 Å². The van der Waals surface area contributed by atoms with E-state index in [9.17, 15) is 10.2 Å². The summed E-state index contributed by atoms with van der Waals surface area (Å²) in [5, 5.41) is 22.8. The van der Waals surface area contributed by atoms with Crippen molar-refractivity contribution in [2.45, 2.75) is 84.3 Å². The highest BCUT2D eigenvalue weighted by Crippen LogP contribution is 2.75. The summed E-state index contributed by atoms with van der Waals surface area (Å²) in [6.45, 7) is 11.6. The van der Waals surface area contributed by atoms with Crippen LogP contribution in [0, 0.1) is 40.4 Å². The molecule has 126 valence electrons. The normalized spacial score (nSPS) is 67.0. The Morgan fingerprint density at radius 2 is 1.45 bits per heavy atom. The molecule has 0 amide bonds. The predicted octanol–water partition coefficient (Wildman–Crippen LogP) is 4.00. The third-order valence-corrected chi connectivity index (χ3v) is 9.61. The molecule has 2 nitrogen and oxygen atoms in total. The molecule has 0 radical (unpaired) electrons. The van der Waals surface area contributed by atoms with Crippen molar-refractivity contribution in [1.29, 1.82) is 0 Å². The van der Waals surface area contributed by atoms with Crippen molar-refractivity contribution in [2.24, 2.45) is 40.4 Å². The van der Waals surface area contributed by atoms with E-state index in [1.165, 1.54) is 12.8 Å². The first kappa shape index (κ1) is 15.4. The van der Waals surface area contributed by atoms with E-state index in [1.54, 1.807) is 0 Å². The van der Waals surface area contributed by atoms with Crippen LogP contribution in [0.15, 0.2) is 0 Å². The fourth-order valence-electron chi connectivity index (χ4n) is 7.72. The Morgan fingerprint density at radius 3 is 2.14 bits per heavy atom. The molecule has 4 saturated carbocycles. The lowest BCUT2D eigenvalue weighted by molar-refractivity contribution is -0.260. The molecule has 4 aliphatic rings. The van der Waals surface area contributed by atoms with E-state index in [1.807, 2.05) is 6.92 Å². The van der Waals surface area contributed by atoms with Crippen LogP contribution in [0.1, 0.15) is 73.1 Å². The lowest BCUT2D eigenvalue weighted by atomic mass is 9.40. The van der Waals surface area contributed by atoms with Gasteiger partial charge in [-0.2, -0.15) is 0 Å². The molecule has 0 saturated heterocycles. The Bertz CT molecular complexity index is 500. The molecule has 0 spiro atoms. The van der Waals surface area contributed by atoms with Gasteiger partial charge in [-0.05, 0) is 85.9 Å². The van der Waals surface area contributed by atoms with Gasteiger partial charge in [-0.3, -0.25) is 0 Å². The Hall–Kier alpha value is -0.0800. The van der Waals surface area contributed by atoms with Gasteiger partial charge in [0.25, 0.3) is 0 Å². The summed E-state index contributed by atoms with van der Waals surface area (Å²) >= 11 is 0. The zero-order chi connectivity index (χ0) is 16.1. The van der Waals surface area contributed by atoms with Gasteiger partial charge in [0.1, 0.15) is 0 Å². The van der Waals surface area contributed by atoms with Gasteiger partial charge in [0.2, 0.25) is 0 Å². The number of hydrogen-bond acceptors (Lipinski definition) is 2. The monoisotopic (exact) mass is 306 g/mol. The van der Waals surface area contributed by atoms with Crippen molar-refractivity contribution in [1.82, 2.24) is 0 Å². The summed E-state index contributed by atoms with van der Waals surface area (Å²) in [6.07, 6.45) is 6.64. The topological polar surface area (TPSA) is 40.5 Å². The lowest BCUT2D eigenvalue weighted by Crippen LogP contribution is -2.68. The molecular weight excluding hydrogens is 272 g/mol. The number of fused-ring (bicyclic) bond motifs is 7. The third kappa shape index (κ3) is 1.50. The lowest BCUT2D eigenvalue weighted by Gasteiger charge is -2.66. The summed E-state index contributed by atoms with van der Waals surface area (Å²) in [4.78, 5) is 0. The highest BCUT2D eigenvalue weighted by atomic mass is 16.3.